The van der Waals surface area contributed by atoms with Crippen LogP contribution in [0.3, 0.4) is 0 Å². The molecule has 1 heterocycles. The average molecular weight is 269 g/mol. The number of likely N-dealkylation sites (tertiary alicyclic amines) is 1. The van der Waals surface area contributed by atoms with E-state index in [1.165, 1.54) is 51.5 Å². The molecular formula is C19H27N. The first-order valence-electron chi connectivity index (χ1n) is 8.57. The molecule has 2 aliphatic carbocycles. The van der Waals surface area contributed by atoms with Gasteiger partial charge in [-0.05, 0) is 68.3 Å². The van der Waals surface area contributed by atoms with Crippen LogP contribution in [0.4, 0.5) is 0 Å². The van der Waals surface area contributed by atoms with Crippen LogP contribution in [0.1, 0.15) is 55.7 Å². The maximum absolute atomic E-state index is 2.66. The lowest BCUT2D eigenvalue weighted by Crippen LogP contribution is -2.59. The lowest BCUT2D eigenvalue weighted by Gasteiger charge is -2.58. The molecule has 2 bridgehead atoms. The van der Waals surface area contributed by atoms with E-state index in [-0.39, 0.29) is 0 Å². The summed E-state index contributed by atoms with van der Waals surface area (Å²) in [6.45, 7) is 3.59. The smallest absolute Gasteiger partial charge is 0.0169 e. The summed E-state index contributed by atoms with van der Waals surface area (Å²) in [4.78, 5) is 2.66. The molecule has 0 amide bonds. The summed E-state index contributed by atoms with van der Waals surface area (Å²) in [5.74, 6) is 0.926. The second-order valence-corrected chi connectivity index (χ2v) is 7.36. The molecule has 2 fully saturated rings. The third-order valence-corrected chi connectivity index (χ3v) is 6.59. The van der Waals surface area contributed by atoms with Gasteiger partial charge in [-0.25, -0.2) is 0 Å². The SMILES string of the molecule is CCc1ccc2c(c1)C13CCCCC1C(C2)N(C)CC3. The van der Waals surface area contributed by atoms with Crippen molar-refractivity contribution < 1.29 is 0 Å². The predicted molar refractivity (Wildman–Crippen MR) is 84.2 cm³/mol. The van der Waals surface area contributed by atoms with E-state index in [9.17, 15) is 0 Å². The van der Waals surface area contributed by atoms with Gasteiger partial charge < -0.3 is 4.90 Å². The fraction of sp³-hybridized carbons (Fsp3) is 0.684. The van der Waals surface area contributed by atoms with Crippen molar-refractivity contribution in [3.8, 4) is 0 Å². The first-order chi connectivity index (χ1) is 9.74. The van der Waals surface area contributed by atoms with Crippen molar-refractivity contribution in [2.45, 2.75) is 63.3 Å². The molecule has 0 aromatic heterocycles. The fourth-order valence-corrected chi connectivity index (χ4v) is 5.46. The minimum absolute atomic E-state index is 0.536. The Kier molecular flexibility index (Phi) is 2.96. The second-order valence-electron chi connectivity index (χ2n) is 7.36. The van der Waals surface area contributed by atoms with Crippen LogP contribution in [0, 0.1) is 5.92 Å². The highest BCUT2D eigenvalue weighted by Crippen LogP contribution is 2.55. The van der Waals surface area contributed by atoms with Gasteiger partial charge in [0.15, 0.2) is 0 Å². The third kappa shape index (κ3) is 1.65. The second kappa shape index (κ2) is 4.59. The largest absolute Gasteiger partial charge is 0.303 e. The minimum Gasteiger partial charge on any atom is -0.303 e. The lowest BCUT2D eigenvalue weighted by molar-refractivity contribution is 0.00282. The van der Waals surface area contributed by atoms with Gasteiger partial charge in [-0.15, -0.1) is 0 Å². The van der Waals surface area contributed by atoms with Gasteiger partial charge in [0.25, 0.3) is 0 Å². The van der Waals surface area contributed by atoms with Crippen LogP contribution in [0.15, 0.2) is 18.2 Å². The van der Waals surface area contributed by atoms with Crippen LogP contribution in [-0.2, 0) is 18.3 Å². The Morgan fingerprint density at radius 1 is 1.25 bits per heavy atom. The third-order valence-electron chi connectivity index (χ3n) is 6.59. The number of likely N-dealkylation sites (N-methyl/N-ethyl adjacent to an activating group) is 1. The number of hydrogen-bond donors (Lipinski definition) is 0. The Morgan fingerprint density at radius 3 is 3.00 bits per heavy atom. The number of piperidine rings is 1. The minimum atomic E-state index is 0.536. The van der Waals surface area contributed by atoms with E-state index in [2.05, 4.69) is 37.1 Å². The molecule has 3 aliphatic rings. The highest BCUT2D eigenvalue weighted by Gasteiger charge is 2.52. The molecule has 0 N–H and O–H groups in total. The summed E-state index contributed by atoms with van der Waals surface area (Å²) in [6.07, 6.45) is 9.68. The Labute approximate surface area is 123 Å². The molecule has 1 heteroatoms. The summed E-state index contributed by atoms with van der Waals surface area (Å²) < 4.78 is 0. The zero-order valence-corrected chi connectivity index (χ0v) is 13.0. The maximum Gasteiger partial charge on any atom is 0.0169 e. The Bertz CT molecular complexity index is 520. The van der Waals surface area contributed by atoms with Gasteiger partial charge in [-0.3, -0.25) is 0 Å². The average Bonchev–Trinajstić information content (AvgIpc) is 2.50. The van der Waals surface area contributed by atoms with Crippen molar-refractivity contribution in [2.24, 2.45) is 5.92 Å². The van der Waals surface area contributed by atoms with Gasteiger partial charge in [0, 0.05) is 11.5 Å². The molecule has 0 radical (unpaired) electrons. The summed E-state index contributed by atoms with van der Waals surface area (Å²) >= 11 is 0. The van der Waals surface area contributed by atoms with Crippen molar-refractivity contribution in [1.82, 2.24) is 4.90 Å². The molecule has 1 saturated carbocycles. The van der Waals surface area contributed by atoms with Gasteiger partial charge in [0.05, 0.1) is 0 Å². The number of hydrogen-bond acceptors (Lipinski definition) is 1. The molecule has 108 valence electrons. The van der Waals surface area contributed by atoms with Gasteiger partial charge in [-0.2, -0.15) is 0 Å². The first kappa shape index (κ1) is 12.9. The van der Waals surface area contributed by atoms with E-state index < -0.39 is 0 Å². The van der Waals surface area contributed by atoms with Crippen LogP contribution in [0.2, 0.25) is 0 Å². The molecule has 1 aliphatic heterocycles. The molecular weight excluding hydrogens is 242 g/mol. The Balaban J connectivity index is 1.88. The van der Waals surface area contributed by atoms with E-state index >= 15 is 0 Å². The number of aryl methyl sites for hydroxylation is 1. The molecule has 20 heavy (non-hydrogen) atoms. The zero-order chi connectivity index (χ0) is 13.7. The predicted octanol–water partition coefficient (Wildman–Crippen LogP) is 3.94. The van der Waals surface area contributed by atoms with Crippen molar-refractivity contribution in [2.75, 3.05) is 13.6 Å². The van der Waals surface area contributed by atoms with Gasteiger partial charge in [0.1, 0.15) is 0 Å². The normalized spacial score (nSPS) is 36.3. The molecule has 3 atom stereocenters. The number of benzene rings is 1. The number of fused-ring (bicyclic) bond motifs is 1. The van der Waals surface area contributed by atoms with Crippen LogP contribution in [-0.4, -0.2) is 24.5 Å². The maximum atomic E-state index is 2.66. The van der Waals surface area contributed by atoms with Crippen LogP contribution in [0.25, 0.3) is 0 Å². The standard InChI is InChI=1S/C19H27N/c1-3-14-7-8-15-13-18-16-6-4-5-9-19(16,17(15)12-14)10-11-20(18)2/h7-8,12,16,18H,3-6,9-11,13H2,1-2H3. The van der Waals surface area contributed by atoms with Crippen LogP contribution >= 0.6 is 0 Å². The molecule has 1 aromatic rings. The summed E-state index contributed by atoms with van der Waals surface area (Å²) in [6, 6.07) is 8.21. The molecule has 1 saturated heterocycles. The monoisotopic (exact) mass is 269 g/mol. The fourth-order valence-electron chi connectivity index (χ4n) is 5.46. The molecule has 4 rings (SSSR count). The van der Waals surface area contributed by atoms with Gasteiger partial charge >= 0.3 is 0 Å². The Morgan fingerprint density at radius 2 is 2.15 bits per heavy atom. The molecule has 3 unspecified atom stereocenters. The van der Waals surface area contributed by atoms with Gasteiger partial charge in [-0.1, -0.05) is 38.0 Å². The van der Waals surface area contributed by atoms with E-state index in [1.807, 2.05) is 0 Å². The lowest BCUT2D eigenvalue weighted by atomic mass is 9.52. The molecule has 0 spiro atoms. The molecule has 1 nitrogen and oxygen atoms in total. The van der Waals surface area contributed by atoms with Crippen LogP contribution in [0.5, 0.6) is 0 Å². The first-order valence-corrected chi connectivity index (χ1v) is 8.57. The number of nitrogens with zero attached hydrogens (tertiary/aromatic N) is 1. The van der Waals surface area contributed by atoms with E-state index in [0.717, 1.165) is 12.0 Å². The van der Waals surface area contributed by atoms with E-state index in [0.29, 0.717) is 5.41 Å². The van der Waals surface area contributed by atoms with Crippen LogP contribution < -0.4 is 0 Å². The Hall–Kier alpha value is -0.820. The highest BCUT2D eigenvalue weighted by molar-refractivity contribution is 5.43. The topological polar surface area (TPSA) is 3.24 Å². The summed E-state index contributed by atoms with van der Waals surface area (Å²) in [7, 11) is 2.36. The zero-order valence-electron chi connectivity index (χ0n) is 13.0. The van der Waals surface area contributed by atoms with Crippen molar-refractivity contribution >= 4 is 0 Å². The van der Waals surface area contributed by atoms with Crippen molar-refractivity contribution in [3.05, 3.63) is 34.9 Å². The number of rotatable bonds is 1. The van der Waals surface area contributed by atoms with E-state index in [4.69, 9.17) is 0 Å². The molecule has 1 aromatic carbocycles. The summed E-state index contributed by atoms with van der Waals surface area (Å²) in [5.41, 5.74) is 5.50. The quantitative estimate of drug-likeness (QED) is 0.746. The van der Waals surface area contributed by atoms with Crippen molar-refractivity contribution in [3.63, 3.8) is 0 Å². The highest BCUT2D eigenvalue weighted by atomic mass is 15.1. The summed E-state index contributed by atoms with van der Waals surface area (Å²) in [5, 5.41) is 0. The van der Waals surface area contributed by atoms with Crippen molar-refractivity contribution in [1.29, 1.82) is 0 Å². The van der Waals surface area contributed by atoms with Gasteiger partial charge in [0.2, 0.25) is 0 Å². The van der Waals surface area contributed by atoms with E-state index in [1.54, 1.807) is 16.7 Å².